The van der Waals surface area contributed by atoms with Gasteiger partial charge in [-0.3, -0.25) is 9.69 Å². The molecule has 28 heavy (non-hydrogen) atoms. The standard InChI is InChI=1S/C20H33N5O3/c1-17(2)15-23-20(22-7-6-18-5-4-13-28-18)25-11-9-24(10-12-25)16-19(26)21-8-14-27-3/h4-5,13H,1,6-12,14-16H2,2-3H3,(H,21,26)(H,22,23). The number of amides is 1. The van der Waals surface area contributed by atoms with E-state index in [4.69, 9.17) is 14.1 Å². The summed E-state index contributed by atoms with van der Waals surface area (Å²) >= 11 is 0. The van der Waals surface area contributed by atoms with Crippen LogP contribution >= 0.6 is 0 Å². The fourth-order valence-corrected chi connectivity index (χ4v) is 2.90. The zero-order valence-electron chi connectivity index (χ0n) is 17.1. The van der Waals surface area contributed by atoms with Crippen LogP contribution in [-0.4, -0.2) is 87.7 Å². The molecule has 8 nitrogen and oxygen atoms in total. The Morgan fingerprint density at radius 1 is 1.29 bits per heavy atom. The van der Waals surface area contributed by atoms with Gasteiger partial charge in [-0.25, -0.2) is 4.99 Å². The summed E-state index contributed by atoms with van der Waals surface area (Å²) in [6.07, 6.45) is 2.50. The van der Waals surface area contributed by atoms with Crippen LogP contribution in [0.15, 0.2) is 40.0 Å². The molecule has 2 N–H and O–H groups in total. The molecule has 2 heterocycles. The molecule has 2 rings (SSSR count). The molecule has 1 saturated heterocycles. The molecular formula is C20H33N5O3. The predicted molar refractivity (Wildman–Crippen MR) is 110 cm³/mol. The second kappa shape index (κ2) is 12.2. The van der Waals surface area contributed by atoms with Crippen LogP contribution in [0.1, 0.15) is 12.7 Å². The number of rotatable bonds is 10. The van der Waals surface area contributed by atoms with Crippen molar-refractivity contribution >= 4 is 11.9 Å². The van der Waals surface area contributed by atoms with Crippen molar-refractivity contribution in [2.24, 2.45) is 4.99 Å². The van der Waals surface area contributed by atoms with Gasteiger partial charge in [0.1, 0.15) is 5.76 Å². The number of ether oxygens (including phenoxy) is 1. The van der Waals surface area contributed by atoms with Crippen LogP contribution in [0.25, 0.3) is 0 Å². The van der Waals surface area contributed by atoms with Crippen LogP contribution in [0, 0.1) is 0 Å². The average Bonchev–Trinajstić information content (AvgIpc) is 3.19. The second-order valence-electron chi connectivity index (χ2n) is 6.96. The number of hydrogen-bond acceptors (Lipinski definition) is 5. The highest BCUT2D eigenvalue weighted by Gasteiger charge is 2.21. The SMILES string of the molecule is C=C(C)CN=C(NCCc1ccco1)N1CCN(CC(=O)NCCOC)CC1. The number of carbonyl (C=O) groups excluding carboxylic acids is 1. The molecule has 1 aliphatic rings. The number of methoxy groups -OCH3 is 1. The van der Waals surface area contributed by atoms with Gasteiger partial charge in [0.15, 0.2) is 5.96 Å². The van der Waals surface area contributed by atoms with Gasteiger partial charge >= 0.3 is 0 Å². The molecule has 0 radical (unpaired) electrons. The molecule has 1 fully saturated rings. The van der Waals surface area contributed by atoms with Crippen LogP contribution < -0.4 is 10.6 Å². The third kappa shape index (κ3) is 8.14. The van der Waals surface area contributed by atoms with E-state index in [9.17, 15) is 4.79 Å². The summed E-state index contributed by atoms with van der Waals surface area (Å²) in [5.41, 5.74) is 1.02. The van der Waals surface area contributed by atoms with E-state index in [1.807, 2.05) is 19.1 Å². The first-order valence-corrected chi connectivity index (χ1v) is 9.76. The normalized spacial score (nSPS) is 15.5. The van der Waals surface area contributed by atoms with Gasteiger partial charge in [-0.05, 0) is 19.1 Å². The number of piperazine rings is 1. The van der Waals surface area contributed by atoms with Crippen molar-refractivity contribution < 1.29 is 13.9 Å². The summed E-state index contributed by atoms with van der Waals surface area (Å²) in [6.45, 7) is 12.1. The van der Waals surface area contributed by atoms with E-state index in [-0.39, 0.29) is 5.91 Å². The maximum atomic E-state index is 12.0. The first-order valence-electron chi connectivity index (χ1n) is 9.76. The maximum Gasteiger partial charge on any atom is 0.234 e. The van der Waals surface area contributed by atoms with E-state index in [1.54, 1.807) is 13.4 Å². The molecular weight excluding hydrogens is 358 g/mol. The molecule has 156 valence electrons. The summed E-state index contributed by atoms with van der Waals surface area (Å²) in [5, 5.41) is 6.30. The Morgan fingerprint density at radius 2 is 2.07 bits per heavy atom. The van der Waals surface area contributed by atoms with Crippen molar-refractivity contribution in [3.8, 4) is 0 Å². The van der Waals surface area contributed by atoms with Gasteiger partial charge in [0.05, 0.1) is 26.0 Å². The lowest BCUT2D eigenvalue weighted by molar-refractivity contribution is -0.122. The van der Waals surface area contributed by atoms with Gasteiger partial charge in [0.2, 0.25) is 5.91 Å². The number of carbonyl (C=O) groups is 1. The molecule has 0 unspecified atom stereocenters. The molecule has 0 atom stereocenters. The van der Waals surface area contributed by atoms with Gasteiger partial charge in [-0.1, -0.05) is 12.2 Å². The van der Waals surface area contributed by atoms with Crippen molar-refractivity contribution in [1.82, 2.24) is 20.4 Å². The Morgan fingerprint density at radius 3 is 2.71 bits per heavy atom. The van der Waals surface area contributed by atoms with Gasteiger partial charge in [-0.2, -0.15) is 0 Å². The number of aliphatic imine (C=N–C) groups is 1. The molecule has 1 aromatic rings. The lowest BCUT2D eigenvalue weighted by atomic mass is 10.3. The molecule has 1 aliphatic heterocycles. The number of guanidine groups is 1. The van der Waals surface area contributed by atoms with Gasteiger partial charge in [0.25, 0.3) is 0 Å². The predicted octanol–water partition coefficient (Wildman–Crippen LogP) is 0.724. The smallest absolute Gasteiger partial charge is 0.234 e. The van der Waals surface area contributed by atoms with Crippen molar-refractivity contribution in [2.75, 3.05) is 66.1 Å². The molecule has 0 aliphatic carbocycles. The summed E-state index contributed by atoms with van der Waals surface area (Å²) in [7, 11) is 1.63. The molecule has 1 aromatic heterocycles. The molecule has 8 heteroatoms. The van der Waals surface area contributed by atoms with E-state index < -0.39 is 0 Å². The number of hydrogen-bond donors (Lipinski definition) is 2. The number of furan rings is 1. The molecule has 0 bridgehead atoms. The minimum absolute atomic E-state index is 0.0400. The van der Waals surface area contributed by atoms with Crippen LogP contribution in [-0.2, 0) is 16.0 Å². The first kappa shape index (κ1) is 22.0. The van der Waals surface area contributed by atoms with Crippen LogP contribution in [0.2, 0.25) is 0 Å². The van der Waals surface area contributed by atoms with Crippen LogP contribution in [0.3, 0.4) is 0 Å². The number of nitrogens with zero attached hydrogens (tertiary/aromatic N) is 3. The highest BCUT2D eigenvalue weighted by molar-refractivity contribution is 5.80. The zero-order valence-corrected chi connectivity index (χ0v) is 17.1. The molecule has 0 aromatic carbocycles. The van der Waals surface area contributed by atoms with Gasteiger partial charge in [0, 0.05) is 52.8 Å². The minimum Gasteiger partial charge on any atom is -0.469 e. The fraction of sp³-hybridized carbons (Fsp3) is 0.600. The fourth-order valence-electron chi connectivity index (χ4n) is 2.90. The van der Waals surface area contributed by atoms with Crippen molar-refractivity contribution in [2.45, 2.75) is 13.3 Å². The molecule has 0 spiro atoms. The average molecular weight is 392 g/mol. The Balaban J connectivity index is 1.79. The monoisotopic (exact) mass is 391 g/mol. The third-order valence-electron chi connectivity index (χ3n) is 4.40. The highest BCUT2D eigenvalue weighted by atomic mass is 16.5. The lowest BCUT2D eigenvalue weighted by Gasteiger charge is -2.36. The van der Waals surface area contributed by atoms with E-state index in [0.29, 0.717) is 26.2 Å². The lowest BCUT2D eigenvalue weighted by Crippen LogP contribution is -2.54. The van der Waals surface area contributed by atoms with E-state index in [2.05, 4.69) is 27.0 Å². The Hall–Kier alpha value is -2.32. The maximum absolute atomic E-state index is 12.0. The van der Waals surface area contributed by atoms with E-state index >= 15 is 0 Å². The van der Waals surface area contributed by atoms with Crippen molar-refractivity contribution in [3.05, 3.63) is 36.3 Å². The van der Waals surface area contributed by atoms with Crippen molar-refractivity contribution in [3.63, 3.8) is 0 Å². The summed E-state index contributed by atoms with van der Waals surface area (Å²) < 4.78 is 10.3. The zero-order chi connectivity index (χ0) is 20.2. The highest BCUT2D eigenvalue weighted by Crippen LogP contribution is 2.04. The quantitative estimate of drug-likeness (QED) is 0.265. The largest absolute Gasteiger partial charge is 0.469 e. The van der Waals surface area contributed by atoms with Crippen molar-refractivity contribution in [1.29, 1.82) is 0 Å². The number of nitrogens with one attached hydrogen (secondary N) is 2. The van der Waals surface area contributed by atoms with Gasteiger partial charge < -0.3 is 24.7 Å². The summed E-state index contributed by atoms with van der Waals surface area (Å²) in [6, 6.07) is 3.87. The Labute approximate surface area is 167 Å². The Bertz CT molecular complexity index is 622. The summed E-state index contributed by atoms with van der Waals surface area (Å²) in [4.78, 5) is 21.1. The third-order valence-corrected chi connectivity index (χ3v) is 4.40. The summed E-state index contributed by atoms with van der Waals surface area (Å²) in [5.74, 6) is 1.88. The minimum atomic E-state index is 0.0400. The first-order chi connectivity index (χ1) is 13.6. The van der Waals surface area contributed by atoms with Gasteiger partial charge in [-0.15, -0.1) is 0 Å². The van der Waals surface area contributed by atoms with E-state index in [1.165, 1.54) is 0 Å². The van der Waals surface area contributed by atoms with Crippen LogP contribution in [0.4, 0.5) is 0 Å². The molecule has 0 saturated carbocycles. The van der Waals surface area contributed by atoms with Crippen LogP contribution in [0.5, 0.6) is 0 Å². The second-order valence-corrected chi connectivity index (χ2v) is 6.96. The molecule has 1 amide bonds. The topological polar surface area (TPSA) is 82.3 Å². The Kier molecular flexibility index (Phi) is 9.57. The van der Waals surface area contributed by atoms with E-state index in [0.717, 1.165) is 56.4 Å².